The van der Waals surface area contributed by atoms with Crippen LogP contribution in [0.25, 0.3) is 11.3 Å². The number of rotatable bonds is 4. The highest BCUT2D eigenvalue weighted by molar-refractivity contribution is 5.99. The van der Waals surface area contributed by atoms with Gasteiger partial charge in [-0.1, -0.05) is 30.3 Å². The molecule has 1 aromatic carbocycles. The number of aromatic amines is 1. The van der Waals surface area contributed by atoms with Crippen molar-refractivity contribution < 1.29 is 14.3 Å². The van der Waals surface area contributed by atoms with Crippen molar-refractivity contribution in [2.45, 2.75) is 6.92 Å². The van der Waals surface area contributed by atoms with Crippen LogP contribution in [0, 0.1) is 0 Å². The number of aromatic nitrogens is 1. The molecule has 0 spiro atoms. The normalized spacial score (nSPS) is 10.1. The van der Waals surface area contributed by atoms with Crippen molar-refractivity contribution in [2.75, 3.05) is 13.7 Å². The van der Waals surface area contributed by atoms with E-state index in [0.29, 0.717) is 23.6 Å². The largest absolute Gasteiger partial charge is 0.494 e. The molecule has 0 atom stereocenters. The molecule has 0 unspecified atom stereocenters. The highest BCUT2D eigenvalue weighted by atomic mass is 16.5. The van der Waals surface area contributed by atoms with E-state index in [1.165, 1.54) is 7.11 Å². The third kappa shape index (κ3) is 2.22. The molecular formula is C14H15NO3. The number of methoxy groups -OCH3 is 1. The van der Waals surface area contributed by atoms with Crippen LogP contribution in [0.15, 0.2) is 36.5 Å². The number of hydrogen-bond acceptors (Lipinski definition) is 3. The molecule has 0 aliphatic heterocycles. The van der Waals surface area contributed by atoms with E-state index in [1.54, 1.807) is 13.1 Å². The Hall–Kier alpha value is -2.23. The van der Waals surface area contributed by atoms with E-state index in [1.807, 2.05) is 30.3 Å². The summed E-state index contributed by atoms with van der Waals surface area (Å²) in [7, 11) is 1.53. The van der Waals surface area contributed by atoms with E-state index in [9.17, 15) is 4.79 Å². The Bertz CT molecular complexity index is 531. The molecule has 0 saturated carbocycles. The molecule has 0 amide bonds. The van der Waals surface area contributed by atoms with Gasteiger partial charge in [0.2, 0.25) is 0 Å². The summed E-state index contributed by atoms with van der Waals surface area (Å²) in [6.45, 7) is 2.11. The highest BCUT2D eigenvalue weighted by Crippen LogP contribution is 2.30. The summed E-state index contributed by atoms with van der Waals surface area (Å²) in [6.07, 6.45) is 1.66. The van der Waals surface area contributed by atoms with E-state index >= 15 is 0 Å². The maximum Gasteiger partial charge on any atom is 0.344 e. The Kier molecular flexibility index (Phi) is 3.67. The van der Waals surface area contributed by atoms with Gasteiger partial charge in [-0.3, -0.25) is 0 Å². The average molecular weight is 245 g/mol. The first-order valence-corrected chi connectivity index (χ1v) is 5.75. The number of hydrogen-bond donors (Lipinski definition) is 1. The van der Waals surface area contributed by atoms with Crippen LogP contribution >= 0.6 is 0 Å². The van der Waals surface area contributed by atoms with E-state index in [4.69, 9.17) is 9.47 Å². The van der Waals surface area contributed by atoms with Crippen LogP contribution in [-0.2, 0) is 4.74 Å². The lowest BCUT2D eigenvalue weighted by atomic mass is 10.1. The van der Waals surface area contributed by atoms with Crippen LogP contribution in [0.2, 0.25) is 0 Å². The fourth-order valence-electron chi connectivity index (χ4n) is 1.80. The van der Waals surface area contributed by atoms with Gasteiger partial charge in [-0.05, 0) is 12.5 Å². The van der Waals surface area contributed by atoms with Crippen LogP contribution < -0.4 is 4.74 Å². The van der Waals surface area contributed by atoms with Crippen LogP contribution in [-0.4, -0.2) is 24.7 Å². The second kappa shape index (κ2) is 5.40. The molecule has 94 valence electrons. The van der Waals surface area contributed by atoms with Crippen molar-refractivity contribution in [3.63, 3.8) is 0 Å². The molecule has 4 heteroatoms. The van der Waals surface area contributed by atoms with E-state index < -0.39 is 0 Å². The molecule has 4 nitrogen and oxygen atoms in total. The van der Waals surface area contributed by atoms with Gasteiger partial charge in [0.05, 0.1) is 19.4 Å². The molecule has 2 aromatic rings. The second-order valence-electron chi connectivity index (χ2n) is 3.69. The van der Waals surface area contributed by atoms with Crippen molar-refractivity contribution in [3.05, 3.63) is 42.1 Å². The Labute approximate surface area is 106 Å². The first-order chi connectivity index (χ1) is 8.77. The zero-order valence-electron chi connectivity index (χ0n) is 10.4. The summed E-state index contributed by atoms with van der Waals surface area (Å²) < 4.78 is 10.2. The molecule has 1 N–H and O–H groups in total. The predicted octanol–water partition coefficient (Wildman–Crippen LogP) is 2.87. The Morgan fingerprint density at radius 2 is 2.00 bits per heavy atom. The number of benzene rings is 1. The minimum absolute atomic E-state index is 0.335. The van der Waals surface area contributed by atoms with Gasteiger partial charge in [0.15, 0.2) is 5.75 Å². The predicted molar refractivity (Wildman–Crippen MR) is 68.7 cm³/mol. The van der Waals surface area contributed by atoms with Gasteiger partial charge in [-0.15, -0.1) is 0 Å². The van der Waals surface area contributed by atoms with Gasteiger partial charge in [0.1, 0.15) is 5.56 Å². The number of carbonyl (C=O) groups excluding carboxylic acids is 1. The van der Waals surface area contributed by atoms with Crippen molar-refractivity contribution in [1.29, 1.82) is 0 Å². The minimum Gasteiger partial charge on any atom is -0.494 e. The van der Waals surface area contributed by atoms with Gasteiger partial charge in [0.25, 0.3) is 0 Å². The topological polar surface area (TPSA) is 51.3 Å². The fourth-order valence-corrected chi connectivity index (χ4v) is 1.80. The quantitative estimate of drug-likeness (QED) is 0.843. The summed E-state index contributed by atoms with van der Waals surface area (Å²) in [4.78, 5) is 15.0. The fraction of sp³-hybridized carbons (Fsp3) is 0.214. The van der Waals surface area contributed by atoms with Crippen LogP contribution in [0.3, 0.4) is 0 Å². The summed E-state index contributed by atoms with van der Waals surface area (Å²) >= 11 is 0. The smallest absolute Gasteiger partial charge is 0.344 e. The molecule has 2 rings (SSSR count). The number of nitrogens with one attached hydrogen (secondary N) is 1. The Balaban J connectivity index is 2.49. The maximum atomic E-state index is 12.0. The lowest BCUT2D eigenvalue weighted by Crippen LogP contribution is -2.06. The van der Waals surface area contributed by atoms with Crippen molar-refractivity contribution >= 4 is 5.97 Å². The summed E-state index contributed by atoms with van der Waals surface area (Å²) in [5, 5.41) is 0. The lowest BCUT2D eigenvalue weighted by molar-refractivity contribution is 0.0524. The van der Waals surface area contributed by atoms with Crippen molar-refractivity contribution in [1.82, 2.24) is 4.98 Å². The molecule has 0 radical (unpaired) electrons. The standard InChI is InChI=1S/C14H15NO3/c1-3-18-14(16)12-11(17-2)9-15-13(12)10-7-5-4-6-8-10/h4-9,15H,3H2,1-2H3. The van der Waals surface area contributed by atoms with Gasteiger partial charge >= 0.3 is 5.97 Å². The van der Waals surface area contributed by atoms with Gasteiger partial charge in [-0.25, -0.2) is 4.79 Å². The highest BCUT2D eigenvalue weighted by Gasteiger charge is 2.21. The SMILES string of the molecule is CCOC(=O)c1c(OC)c[nH]c1-c1ccccc1. The van der Waals surface area contributed by atoms with Crippen LogP contribution in [0.5, 0.6) is 5.75 Å². The molecular weight excluding hydrogens is 230 g/mol. The zero-order valence-corrected chi connectivity index (χ0v) is 10.4. The molecule has 18 heavy (non-hydrogen) atoms. The maximum absolute atomic E-state index is 12.0. The van der Waals surface area contributed by atoms with Crippen molar-refractivity contribution in [2.24, 2.45) is 0 Å². The van der Waals surface area contributed by atoms with E-state index in [2.05, 4.69) is 4.98 Å². The molecule has 1 heterocycles. The van der Waals surface area contributed by atoms with Crippen LogP contribution in [0.4, 0.5) is 0 Å². The van der Waals surface area contributed by atoms with Gasteiger partial charge in [-0.2, -0.15) is 0 Å². The number of ether oxygens (including phenoxy) is 2. The van der Waals surface area contributed by atoms with E-state index in [-0.39, 0.29) is 5.97 Å². The monoisotopic (exact) mass is 245 g/mol. The minimum atomic E-state index is -0.380. The molecule has 0 saturated heterocycles. The number of H-pyrrole nitrogens is 1. The third-order valence-electron chi connectivity index (χ3n) is 2.61. The second-order valence-corrected chi connectivity index (χ2v) is 3.69. The zero-order chi connectivity index (χ0) is 13.0. The average Bonchev–Trinajstić information content (AvgIpc) is 2.84. The van der Waals surface area contributed by atoms with Gasteiger partial charge < -0.3 is 14.5 Å². The van der Waals surface area contributed by atoms with Crippen LogP contribution in [0.1, 0.15) is 17.3 Å². The molecule has 0 fully saturated rings. The lowest BCUT2D eigenvalue weighted by Gasteiger charge is -2.06. The summed E-state index contributed by atoms with van der Waals surface area (Å²) in [5.74, 6) is 0.113. The number of carbonyl (C=O) groups is 1. The van der Waals surface area contributed by atoms with Gasteiger partial charge in [0, 0.05) is 6.20 Å². The van der Waals surface area contributed by atoms with Crippen molar-refractivity contribution in [3.8, 4) is 17.0 Å². The molecule has 0 bridgehead atoms. The molecule has 0 aliphatic rings. The third-order valence-corrected chi connectivity index (χ3v) is 2.61. The molecule has 1 aromatic heterocycles. The molecule has 0 aliphatic carbocycles. The van der Waals surface area contributed by atoms with E-state index in [0.717, 1.165) is 5.56 Å². The summed E-state index contributed by atoms with van der Waals surface area (Å²) in [5.41, 5.74) is 2.07. The first kappa shape index (κ1) is 12.2. The summed E-state index contributed by atoms with van der Waals surface area (Å²) in [6, 6.07) is 9.60. The number of esters is 1. The Morgan fingerprint density at radius 1 is 1.28 bits per heavy atom. The first-order valence-electron chi connectivity index (χ1n) is 5.75. The Morgan fingerprint density at radius 3 is 2.61 bits per heavy atom.